The largest absolute Gasteiger partial charge is 0.481 e. The molecule has 0 heterocycles. The molecule has 4 aliphatic rings. The molecule has 5 nitrogen and oxygen atoms in total. The number of halogens is 1. The lowest BCUT2D eigenvalue weighted by Gasteiger charge is -2.65. The number of rotatable bonds is 6. The summed E-state index contributed by atoms with van der Waals surface area (Å²) in [5, 5.41) is 43.2. The van der Waals surface area contributed by atoms with Gasteiger partial charge in [0.15, 0.2) is 0 Å². The molecule has 190 valence electrons. The summed E-state index contributed by atoms with van der Waals surface area (Å²) in [7, 11) is 0. The Bertz CT molecular complexity index is 731. The number of carboxylic acids is 1. The highest BCUT2D eigenvalue weighted by molar-refractivity contribution is 5.70. The lowest BCUT2D eigenvalue weighted by molar-refractivity contribution is -0.228. The van der Waals surface area contributed by atoms with E-state index in [2.05, 4.69) is 20.8 Å². The van der Waals surface area contributed by atoms with Gasteiger partial charge in [-0.1, -0.05) is 34.1 Å². The van der Waals surface area contributed by atoms with E-state index in [0.717, 1.165) is 38.5 Å². The number of hydrogen-bond acceptors (Lipinski definition) is 4. The van der Waals surface area contributed by atoms with E-state index in [1.54, 1.807) is 0 Å². The highest BCUT2D eigenvalue weighted by atomic mass is 19.1. The number of alkyl halides is 1. The van der Waals surface area contributed by atoms with Crippen LogP contribution in [0, 0.1) is 58.2 Å². The summed E-state index contributed by atoms with van der Waals surface area (Å²) in [5.41, 5.74) is -0.380. The first kappa shape index (κ1) is 25.4. The second kappa shape index (κ2) is 9.05. The Morgan fingerprint density at radius 1 is 1.06 bits per heavy atom. The maximum atomic E-state index is 13.4. The van der Waals surface area contributed by atoms with Crippen LogP contribution in [0.15, 0.2) is 0 Å². The lowest BCUT2D eigenvalue weighted by Crippen LogP contribution is -2.65. The molecular formula is C27H45FO5. The Labute approximate surface area is 198 Å². The molecule has 13 atom stereocenters. The van der Waals surface area contributed by atoms with Crippen LogP contribution in [0.1, 0.15) is 79.1 Å². The standard InChI is InChI=1S/C27H45FO5/c1-5-17-20-11-16(29)8-9-26(20,3)21-12-22(30)27(4)18(6-7-19(27)23(21)24(17)31)14(2)10-15(13-28)25(32)33/h14-24,29-31H,5-13H2,1-4H3,(H,32,33)/t14-,15+,16-,17-,18-,19+,20+,21?,22+,23+,24-,26+,27-/m1/s1. The first-order valence-electron chi connectivity index (χ1n) is 13.3. The molecule has 6 heteroatoms. The summed E-state index contributed by atoms with van der Waals surface area (Å²) in [6.07, 6.45) is 4.88. The van der Waals surface area contributed by atoms with Crippen LogP contribution in [0.4, 0.5) is 4.39 Å². The Hall–Kier alpha value is -0.720. The zero-order chi connectivity index (χ0) is 24.3. The molecule has 4 saturated carbocycles. The summed E-state index contributed by atoms with van der Waals surface area (Å²) in [6, 6.07) is 0. The summed E-state index contributed by atoms with van der Waals surface area (Å²) < 4.78 is 13.4. The third kappa shape index (κ3) is 3.78. The van der Waals surface area contributed by atoms with E-state index in [1.807, 2.05) is 6.92 Å². The number of carboxylic acid groups (broad SMARTS) is 1. The number of fused-ring (bicyclic) bond motifs is 5. The SMILES string of the molecule is CC[C@H]1[C@@H](O)[C@@H]2C(C[C@H](O)[C@]3(C)[C@@H]([C@H](C)C[C@@H](CF)C(=O)O)CC[C@@H]23)[C@@]2(C)CC[C@@H](O)C[C@@H]12. The van der Waals surface area contributed by atoms with Gasteiger partial charge in [0, 0.05) is 0 Å². The molecule has 0 aromatic heterocycles. The zero-order valence-corrected chi connectivity index (χ0v) is 20.8. The Balaban J connectivity index is 1.65. The average molecular weight is 469 g/mol. The van der Waals surface area contributed by atoms with Crippen LogP contribution < -0.4 is 0 Å². The molecule has 33 heavy (non-hydrogen) atoms. The summed E-state index contributed by atoms with van der Waals surface area (Å²) in [4.78, 5) is 11.5. The summed E-state index contributed by atoms with van der Waals surface area (Å²) in [6.45, 7) is 7.82. The van der Waals surface area contributed by atoms with E-state index in [4.69, 9.17) is 0 Å². The minimum atomic E-state index is -1.08. The van der Waals surface area contributed by atoms with Crippen LogP contribution in [0.3, 0.4) is 0 Å². The molecule has 4 fully saturated rings. The molecule has 0 bridgehead atoms. The first-order valence-corrected chi connectivity index (χ1v) is 13.3. The normalized spacial score (nSPS) is 51.2. The number of carbonyl (C=O) groups is 1. The second-order valence-electron chi connectivity index (χ2n) is 12.6. The average Bonchev–Trinajstić information content (AvgIpc) is 3.12. The highest BCUT2D eigenvalue weighted by Crippen LogP contribution is 2.69. The Morgan fingerprint density at radius 3 is 2.36 bits per heavy atom. The van der Waals surface area contributed by atoms with E-state index in [0.29, 0.717) is 6.42 Å². The molecule has 0 aromatic rings. The molecular weight excluding hydrogens is 423 g/mol. The number of hydrogen-bond donors (Lipinski definition) is 4. The van der Waals surface area contributed by atoms with Gasteiger partial charge in [-0.05, 0) is 97.2 Å². The molecule has 0 saturated heterocycles. The molecule has 0 aromatic carbocycles. The van der Waals surface area contributed by atoms with Gasteiger partial charge in [-0.3, -0.25) is 9.18 Å². The summed E-state index contributed by atoms with van der Waals surface area (Å²) >= 11 is 0. The van der Waals surface area contributed by atoms with Crippen molar-refractivity contribution in [1.82, 2.24) is 0 Å². The van der Waals surface area contributed by atoms with Crippen molar-refractivity contribution in [3.05, 3.63) is 0 Å². The van der Waals surface area contributed by atoms with Crippen molar-refractivity contribution in [3.63, 3.8) is 0 Å². The number of aliphatic hydroxyl groups excluding tert-OH is 3. The predicted octanol–water partition coefficient (Wildman–Crippen LogP) is 4.28. The molecule has 1 unspecified atom stereocenters. The van der Waals surface area contributed by atoms with Gasteiger partial charge < -0.3 is 20.4 Å². The van der Waals surface area contributed by atoms with Gasteiger partial charge in [0.2, 0.25) is 0 Å². The van der Waals surface area contributed by atoms with E-state index in [1.165, 1.54) is 0 Å². The van der Waals surface area contributed by atoms with Crippen molar-refractivity contribution in [2.24, 2.45) is 58.2 Å². The molecule has 0 amide bonds. The van der Waals surface area contributed by atoms with Crippen molar-refractivity contribution in [2.75, 3.05) is 6.67 Å². The maximum absolute atomic E-state index is 13.4. The first-order chi connectivity index (χ1) is 15.5. The fraction of sp³-hybridized carbons (Fsp3) is 0.963. The van der Waals surface area contributed by atoms with Crippen LogP contribution >= 0.6 is 0 Å². The molecule has 4 aliphatic carbocycles. The fourth-order valence-corrected chi connectivity index (χ4v) is 9.73. The molecule has 4 rings (SSSR count). The van der Waals surface area contributed by atoms with Crippen LogP contribution in [-0.4, -0.2) is 51.4 Å². The van der Waals surface area contributed by atoms with Gasteiger partial charge in [0.25, 0.3) is 0 Å². The van der Waals surface area contributed by atoms with Crippen molar-refractivity contribution in [1.29, 1.82) is 0 Å². The zero-order valence-electron chi connectivity index (χ0n) is 20.8. The second-order valence-corrected chi connectivity index (χ2v) is 12.6. The van der Waals surface area contributed by atoms with E-state index >= 15 is 0 Å². The van der Waals surface area contributed by atoms with Crippen LogP contribution in [-0.2, 0) is 4.79 Å². The van der Waals surface area contributed by atoms with E-state index in [9.17, 15) is 29.6 Å². The molecule has 0 spiro atoms. The van der Waals surface area contributed by atoms with Gasteiger partial charge in [-0.25, -0.2) is 0 Å². The van der Waals surface area contributed by atoms with Gasteiger partial charge in [-0.15, -0.1) is 0 Å². The van der Waals surface area contributed by atoms with Crippen molar-refractivity contribution in [2.45, 2.75) is 97.4 Å². The van der Waals surface area contributed by atoms with Gasteiger partial charge in [-0.2, -0.15) is 0 Å². The third-order valence-electron chi connectivity index (χ3n) is 11.4. The van der Waals surface area contributed by atoms with Crippen LogP contribution in [0.2, 0.25) is 0 Å². The Kier molecular flexibility index (Phi) is 6.96. The van der Waals surface area contributed by atoms with Crippen molar-refractivity contribution >= 4 is 5.97 Å². The maximum Gasteiger partial charge on any atom is 0.309 e. The topological polar surface area (TPSA) is 98.0 Å². The highest BCUT2D eigenvalue weighted by Gasteiger charge is 2.67. The number of aliphatic carboxylic acids is 1. The minimum Gasteiger partial charge on any atom is -0.481 e. The smallest absolute Gasteiger partial charge is 0.309 e. The molecule has 0 radical (unpaired) electrons. The summed E-state index contributed by atoms with van der Waals surface area (Å²) in [5.74, 6) is -0.991. The van der Waals surface area contributed by atoms with Gasteiger partial charge in [0.05, 0.1) is 24.2 Å². The lowest BCUT2D eigenvalue weighted by atomic mass is 9.41. The van der Waals surface area contributed by atoms with E-state index < -0.39 is 36.2 Å². The van der Waals surface area contributed by atoms with Crippen LogP contribution in [0.25, 0.3) is 0 Å². The van der Waals surface area contributed by atoms with Crippen molar-refractivity contribution in [3.8, 4) is 0 Å². The van der Waals surface area contributed by atoms with Crippen molar-refractivity contribution < 1.29 is 29.6 Å². The van der Waals surface area contributed by atoms with Crippen LogP contribution in [0.5, 0.6) is 0 Å². The van der Waals surface area contributed by atoms with Gasteiger partial charge >= 0.3 is 5.97 Å². The molecule has 4 N–H and O–H groups in total. The quantitative estimate of drug-likeness (QED) is 0.466. The number of aliphatic hydroxyl groups is 3. The fourth-order valence-electron chi connectivity index (χ4n) is 9.73. The third-order valence-corrected chi connectivity index (χ3v) is 11.4. The Morgan fingerprint density at radius 2 is 1.76 bits per heavy atom. The van der Waals surface area contributed by atoms with Gasteiger partial charge in [0.1, 0.15) is 6.67 Å². The van der Waals surface area contributed by atoms with E-state index in [-0.39, 0.29) is 59.4 Å². The monoisotopic (exact) mass is 468 g/mol. The predicted molar refractivity (Wildman–Crippen MR) is 124 cm³/mol. The minimum absolute atomic E-state index is 0.00100. The molecule has 0 aliphatic heterocycles.